The van der Waals surface area contributed by atoms with E-state index < -0.39 is 17.2 Å². The Morgan fingerprint density at radius 2 is 2.04 bits per heavy atom. The predicted molar refractivity (Wildman–Crippen MR) is 97.4 cm³/mol. The molecule has 1 saturated heterocycles. The maximum Gasteiger partial charge on any atom is 0.341 e. The highest BCUT2D eigenvalue weighted by atomic mass is 19.1. The van der Waals surface area contributed by atoms with E-state index in [2.05, 4.69) is 13.8 Å². The molecule has 2 aliphatic rings. The van der Waals surface area contributed by atoms with Gasteiger partial charge >= 0.3 is 5.97 Å². The molecule has 1 atom stereocenters. The molecule has 1 aliphatic heterocycles. The number of pyridine rings is 1. The molecule has 7 heteroatoms. The molecule has 3 N–H and O–H groups in total. The fourth-order valence-corrected chi connectivity index (χ4v) is 3.75. The van der Waals surface area contributed by atoms with Gasteiger partial charge in [-0.3, -0.25) is 4.79 Å². The van der Waals surface area contributed by atoms with E-state index in [1.165, 1.54) is 12.3 Å². The standard InChI is InChI=1S/C19H22FN3O3/c1-19(2)9-22(8-16(19)21)15-6-14-11(5-13(15)20)17(24)12(18(25)26)7-23(14)10-3-4-10/h5-7,10,16H,3-4,8-9,21H2,1-2H3,(H,25,26). The molecule has 1 aromatic carbocycles. The average Bonchev–Trinajstić information content (AvgIpc) is 3.34. The molecule has 4 rings (SSSR count). The van der Waals surface area contributed by atoms with Crippen LogP contribution in [0.4, 0.5) is 10.1 Å². The van der Waals surface area contributed by atoms with Gasteiger partial charge in [-0.25, -0.2) is 9.18 Å². The van der Waals surface area contributed by atoms with Gasteiger partial charge in [0, 0.05) is 36.8 Å². The molecular formula is C19H22FN3O3. The molecule has 0 spiro atoms. The second-order valence-electron chi connectivity index (χ2n) is 8.11. The zero-order valence-corrected chi connectivity index (χ0v) is 14.8. The number of hydrogen-bond donors (Lipinski definition) is 2. The van der Waals surface area contributed by atoms with Gasteiger partial charge in [-0.2, -0.15) is 0 Å². The van der Waals surface area contributed by atoms with Crippen molar-refractivity contribution < 1.29 is 14.3 Å². The van der Waals surface area contributed by atoms with Gasteiger partial charge in [0.15, 0.2) is 0 Å². The third-order valence-corrected chi connectivity index (χ3v) is 5.63. The summed E-state index contributed by atoms with van der Waals surface area (Å²) in [5, 5.41) is 9.42. The number of nitrogens with two attached hydrogens (primary N) is 1. The van der Waals surface area contributed by atoms with Gasteiger partial charge in [-0.05, 0) is 30.4 Å². The molecule has 2 aromatic rings. The Morgan fingerprint density at radius 1 is 1.35 bits per heavy atom. The average molecular weight is 359 g/mol. The van der Waals surface area contributed by atoms with Crippen LogP contribution in [-0.4, -0.2) is 34.8 Å². The van der Waals surface area contributed by atoms with Crippen LogP contribution in [0.3, 0.4) is 0 Å². The first kappa shape index (κ1) is 17.0. The van der Waals surface area contributed by atoms with Crippen LogP contribution < -0.4 is 16.1 Å². The maximum atomic E-state index is 14.8. The van der Waals surface area contributed by atoms with Gasteiger partial charge < -0.3 is 20.3 Å². The lowest BCUT2D eigenvalue weighted by Gasteiger charge is -2.23. The number of rotatable bonds is 3. The van der Waals surface area contributed by atoms with Gasteiger partial charge in [-0.15, -0.1) is 0 Å². The molecule has 1 saturated carbocycles. The summed E-state index contributed by atoms with van der Waals surface area (Å²) in [7, 11) is 0. The Bertz CT molecular complexity index is 978. The van der Waals surface area contributed by atoms with Crippen LogP contribution in [0.5, 0.6) is 0 Å². The Kier molecular flexibility index (Phi) is 3.63. The number of aromatic carboxylic acids is 1. The van der Waals surface area contributed by atoms with Crippen molar-refractivity contribution >= 4 is 22.6 Å². The van der Waals surface area contributed by atoms with Crippen molar-refractivity contribution in [2.24, 2.45) is 11.1 Å². The minimum atomic E-state index is -1.29. The lowest BCUT2D eigenvalue weighted by molar-refractivity contribution is 0.0695. The highest BCUT2D eigenvalue weighted by molar-refractivity contribution is 5.93. The summed E-state index contributed by atoms with van der Waals surface area (Å²) in [4.78, 5) is 25.8. The van der Waals surface area contributed by atoms with Crippen LogP contribution in [0.1, 0.15) is 43.1 Å². The summed E-state index contributed by atoms with van der Waals surface area (Å²) in [6.07, 6.45) is 3.24. The Labute approximate surface area is 150 Å². The topological polar surface area (TPSA) is 88.6 Å². The monoisotopic (exact) mass is 359 g/mol. The van der Waals surface area contributed by atoms with Crippen molar-refractivity contribution in [1.29, 1.82) is 0 Å². The number of benzene rings is 1. The SMILES string of the molecule is CC1(C)CN(c2cc3c(cc2F)c(=O)c(C(=O)O)cn3C2CC2)CC1N. The molecule has 0 amide bonds. The first-order valence-electron chi connectivity index (χ1n) is 8.81. The molecule has 2 fully saturated rings. The van der Waals surface area contributed by atoms with Crippen LogP contribution in [0.15, 0.2) is 23.1 Å². The zero-order chi connectivity index (χ0) is 18.8. The number of fused-ring (bicyclic) bond motifs is 1. The second kappa shape index (κ2) is 5.54. The van der Waals surface area contributed by atoms with Crippen molar-refractivity contribution in [2.75, 3.05) is 18.0 Å². The quantitative estimate of drug-likeness (QED) is 0.878. The smallest absolute Gasteiger partial charge is 0.341 e. The molecule has 0 bridgehead atoms. The van der Waals surface area contributed by atoms with Crippen LogP contribution in [-0.2, 0) is 0 Å². The van der Waals surface area contributed by atoms with Crippen molar-refractivity contribution in [3.63, 3.8) is 0 Å². The van der Waals surface area contributed by atoms with Gasteiger partial charge in [0.25, 0.3) is 0 Å². The van der Waals surface area contributed by atoms with Crippen LogP contribution in [0, 0.1) is 11.2 Å². The molecule has 26 heavy (non-hydrogen) atoms. The van der Waals surface area contributed by atoms with Gasteiger partial charge in [0.1, 0.15) is 11.4 Å². The highest BCUT2D eigenvalue weighted by Crippen LogP contribution is 2.39. The van der Waals surface area contributed by atoms with Gasteiger partial charge in [0.2, 0.25) is 5.43 Å². The summed E-state index contributed by atoms with van der Waals surface area (Å²) in [5.41, 5.74) is 6.08. The summed E-state index contributed by atoms with van der Waals surface area (Å²) in [5.74, 6) is -1.81. The van der Waals surface area contributed by atoms with Crippen molar-refractivity contribution in [2.45, 2.75) is 38.8 Å². The predicted octanol–water partition coefficient (Wildman–Crippen LogP) is 2.35. The summed E-state index contributed by atoms with van der Waals surface area (Å²) in [6, 6.07) is 2.93. The summed E-state index contributed by atoms with van der Waals surface area (Å²) in [6.45, 7) is 5.26. The number of carbonyl (C=O) groups is 1. The Balaban J connectivity index is 1.92. The fourth-order valence-electron chi connectivity index (χ4n) is 3.75. The Morgan fingerprint density at radius 3 is 2.58 bits per heavy atom. The summed E-state index contributed by atoms with van der Waals surface area (Å²) >= 11 is 0. The molecular weight excluding hydrogens is 337 g/mol. The third kappa shape index (κ3) is 2.58. The number of anilines is 1. The molecule has 138 valence electrons. The lowest BCUT2D eigenvalue weighted by Crippen LogP contribution is -2.35. The number of nitrogens with zero attached hydrogens (tertiary/aromatic N) is 2. The number of aromatic nitrogens is 1. The molecule has 0 radical (unpaired) electrons. The van der Waals surface area contributed by atoms with E-state index in [-0.39, 0.29) is 28.4 Å². The van der Waals surface area contributed by atoms with Crippen LogP contribution in [0.25, 0.3) is 10.9 Å². The van der Waals surface area contributed by atoms with E-state index in [4.69, 9.17) is 5.73 Å². The first-order valence-corrected chi connectivity index (χ1v) is 8.81. The second-order valence-corrected chi connectivity index (χ2v) is 8.11. The van der Waals surface area contributed by atoms with Crippen molar-refractivity contribution in [3.8, 4) is 0 Å². The van der Waals surface area contributed by atoms with E-state index in [1.807, 2.05) is 9.47 Å². The Hall–Kier alpha value is -2.41. The van der Waals surface area contributed by atoms with E-state index in [0.29, 0.717) is 24.3 Å². The van der Waals surface area contributed by atoms with Gasteiger partial charge in [-0.1, -0.05) is 13.8 Å². The third-order valence-electron chi connectivity index (χ3n) is 5.63. The number of carboxylic acid groups (broad SMARTS) is 1. The first-order chi connectivity index (χ1) is 12.2. The number of halogens is 1. The van der Waals surface area contributed by atoms with E-state index in [1.54, 1.807) is 6.07 Å². The lowest BCUT2D eigenvalue weighted by atomic mass is 9.89. The number of carboxylic acids is 1. The molecule has 2 heterocycles. The molecule has 1 aliphatic carbocycles. The van der Waals surface area contributed by atoms with Gasteiger partial charge in [0.05, 0.1) is 11.2 Å². The van der Waals surface area contributed by atoms with E-state index in [0.717, 1.165) is 12.8 Å². The molecule has 1 unspecified atom stereocenters. The minimum absolute atomic E-state index is 0.0717. The van der Waals surface area contributed by atoms with E-state index in [9.17, 15) is 19.1 Å². The summed E-state index contributed by atoms with van der Waals surface area (Å²) < 4.78 is 16.6. The zero-order valence-electron chi connectivity index (χ0n) is 14.8. The molecule has 6 nitrogen and oxygen atoms in total. The highest BCUT2D eigenvalue weighted by Gasteiger charge is 2.38. The molecule has 1 aromatic heterocycles. The fraction of sp³-hybridized carbons (Fsp3) is 0.474. The number of hydrogen-bond acceptors (Lipinski definition) is 4. The van der Waals surface area contributed by atoms with Crippen molar-refractivity contribution in [1.82, 2.24) is 4.57 Å². The van der Waals surface area contributed by atoms with E-state index >= 15 is 0 Å². The normalized spacial score (nSPS) is 22.2. The van der Waals surface area contributed by atoms with Crippen molar-refractivity contribution in [3.05, 3.63) is 39.9 Å². The van der Waals surface area contributed by atoms with Crippen LogP contribution in [0.2, 0.25) is 0 Å². The maximum absolute atomic E-state index is 14.8. The largest absolute Gasteiger partial charge is 0.477 e. The minimum Gasteiger partial charge on any atom is -0.477 e. The van der Waals surface area contributed by atoms with Crippen LogP contribution >= 0.6 is 0 Å².